The van der Waals surface area contributed by atoms with E-state index in [1.54, 1.807) is 42.5 Å². The van der Waals surface area contributed by atoms with Crippen LogP contribution in [0.4, 0.5) is 14.5 Å². The Hall–Kier alpha value is -7.58. The Morgan fingerprint density at radius 2 is 1.06 bits per heavy atom. The van der Waals surface area contributed by atoms with Gasteiger partial charge in [-0.1, -0.05) is 95.1 Å². The number of hydrogen-bond donors (Lipinski definition) is 4. The van der Waals surface area contributed by atoms with Crippen LogP contribution in [0.5, 0.6) is 0 Å². The molecule has 2 saturated carbocycles. The zero-order valence-electron chi connectivity index (χ0n) is 46.8. The van der Waals surface area contributed by atoms with Crippen LogP contribution in [-0.2, 0) is 61.4 Å². The number of aromatic nitrogens is 4. The Balaban J connectivity index is 0.000000233. The molecule has 6 aromatic rings. The monoisotopic (exact) mass is 1160 g/mol. The molecule has 432 valence electrons. The smallest absolute Gasteiger partial charge is 0.303 e. The molecular formula is C59H69Cl2F2N9O9. The van der Waals surface area contributed by atoms with Crippen molar-refractivity contribution in [1.82, 2.24) is 40.0 Å². The van der Waals surface area contributed by atoms with Gasteiger partial charge in [0.1, 0.15) is 41.9 Å². The summed E-state index contributed by atoms with van der Waals surface area (Å²) in [5.74, 6) is -3.70. The highest BCUT2D eigenvalue weighted by Crippen LogP contribution is 2.30. The van der Waals surface area contributed by atoms with Gasteiger partial charge in [-0.15, -0.1) is 0 Å². The maximum Gasteiger partial charge on any atom is 0.303 e. The van der Waals surface area contributed by atoms with Gasteiger partial charge in [0.05, 0.1) is 40.6 Å². The van der Waals surface area contributed by atoms with Crippen molar-refractivity contribution < 1.29 is 52.2 Å². The van der Waals surface area contributed by atoms with Crippen molar-refractivity contribution in [2.75, 3.05) is 18.8 Å². The summed E-state index contributed by atoms with van der Waals surface area (Å²) in [5.41, 5.74) is 9.11. The highest BCUT2D eigenvalue weighted by Gasteiger charge is 2.36. The summed E-state index contributed by atoms with van der Waals surface area (Å²) in [6, 6.07) is 19.5. The minimum atomic E-state index is -0.725. The third kappa shape index (κ3) is 18.2. The van der Waals surface area contributed by atoms with Gasteiger partial charge in [-0.3, -0.25) is 47.7 Å². The number of anilines is 1. The number of nitrogens with one attached hydrogen (secondary N) is 2. The van der Waals surface area contributed by atoms with Gasteiger partial charge in [0.2, 0.25) is 23.6 Å². The number of carbonyl (C=O) groups is 8. The average molecular weight is 1160 g/mol. The molecule has 4 amide bonds. The molecule has 0 spiro atoms. The summed E-state index contributed by atoms with van der Waals surface area (Å²) < 4.78 is 31.1. The normalized spacial score (nSPS) is 13.1. The van der Waals surface area contributed by atoms with Gasteiger partial charge >= 0.3 is 5.97 Å². The maximum absolute atomic E-state index is 14.2. The number of ketones is 3. The van der Waals surface area contributed by atoms with Crippen LogP contribution in [0, 0.1) is 22.5 Å². The number of halogens is 4. The molecular weight excluding hydrogens is 1090 g/mol. The van der Waals surface area contributed by atoms with Crippen LogP contribution in [0.2, 0.25) is 10.0 Å². The number of nitrogen functional groups attached to an aromatic ring is 1. The number of Topliss-reactive ketones (excluding diaryl/α,β-unsaturated/α-hetero) is 3. The van der Waals surface area contributed by atoms with E-state index in [2.05, 4.69) is 20.8 Å². The van der Waals surface area contributed by atoms with E-state index in [9.17, 15) is 47.1 Å². The summed E-state index contributed by atoms with van der Waals surface area (Å²) in [6.07, 6.45) is 4.11. The topological polar surface area (TPSA) is 249 Å². The molecule has 81 heavy (non-hydrogen) atoms. The molecule has 22 heteroatoms. The largest absolute Gasteiger partial charge is 0.481 e. The molecule has 2 aliphatic carbocycles. The fourth-order valence-corrected chi connectivity index (χ4v) is 9.25. The molecule has 0 bridgehead atoms. The number of rotatable bonds is 20. The first-order valence-corrected chi connectivity index (χ1v) is 27.2. The summed E-state index contributed by atoms with van der Waals surface area (Å²) in [5, 5.41) is 23.4. The molecule has 0 unspecified atom stereocenters. The number of benzene rings is 4. The van der Waals surface area contributed by atoms with Gasteiger partial charge in [-0.25, -0.2) is 8.78 Å². The van der Waals surface area contributed by atoms with Crippen LogP contribution in [0.25, 0.3) is 21.8 Å². The van der Waals surface area contributed by atoms with E-state index < -0.39 is 29.4 Å². The molecule has 0 saturated heterocycles. The lowest BCUT2D eigenvalue weighted by atomic mass is 9.88. The summed E-state index contributed by atoms with van der Waals surface area (Å²) in [4.78, 5) is 102. The summed E-state index contributed by atoms with van der Waals surface area (Å²) in [6.45, 7) is 13.9. The van der Waals surface area contributed by atoms with Crippen molar-refractivity contribution in [1.29, 1.82) is 0 Å². The number of amides is 4. The zero-order chi connectivity index (χ0) is 59.7. The van der Waals surface area contributed by atoms with Crippen LogP contribution in [-0.4, -0.2) is 107 Å². The zero-order valence-corrected chi connectivity index (χ0v) is 48.3. The highest BCUT2D eigenvalue weighted by molar-refractivity contribution is 6.31. The second kappa shape index (κ2) is 26.8. The highest BCUT2D eigenvalue weighted by atomic mass is 35.5. The Morgan fingerprint density at radius 1 is 0.642 bits per heavy atom. The fraction of sp³-hybridized carbons (Fsp3) is 0.424. The predicted octanol–water partition coefficient (Wildman–Crippen LogP) is 9.31. The standard InChI is InChI=1S/C30H34ClFN4O4.C23H23ClFN5O3.C6H12O2/c1-18(37)29-23-13-19(12-22(38)14-30(2,3)4)8-11-25(23)36(34-29)17-27(40)35(21-9-10-21)16-26(39)33-15-20-6-5-7-24(31)28(20)32;1-13(31)23-17-9-15(26)5-8-19(17)30(28-23)12-21(33)29(16-6-7-16)11-20(32)27-10-14-3-2-4-18(24)22(14)25;1-6(2,3)4-5(7)8/h5-8,11,13,21H,9-10,12,14-17H2,1-4H3,(H,33,39);2-5,8-9,16H,6-7,10-12,26H2,1H3,(H,27,32);4H2,1-3H3,(H,7,8). The van der Waals surface area contributed by atoms with Gasteiger partial charge in [0, 0.05) is 79.4 Å². The first-order valence-electron chi connectivity index (χ1n) is 26.5. The summed E-state index contributed by atoms with van der Waals surface area (Å²) >= 11 is 11.6. The Labute approximate surface area is 478 Å². The second-order valence-corrected chi connectivity index (χ2v) is 23.6. The third-order valence-corrected chi connectivity index (χ3v) is 13.5. The SMILES string of the molecule is CC(=O)c1nn(CC(=O)N(CC(=O)NCc2cccc(Cl)c2F)C2CC2)c2ccc(CC(=O)CC(C)(C)C)cc12.CC(=O)c1nn(CC(=O)N(CC(=O)NCc2cccc(Cl)c2F)C2CC2)c2ccc(N)cc12.CC(C)(C)CC(=O)O. The number of nitrogens with two attached hydrogens (primary N) is 1. The number of carbonyl (C=O) groups excluding carboxylic acids is 7. The maximum atomic E-state index is 14.2. The minimum Gasteiger partial charge on any atom is -0.481 e. The number of carboxylic acid groups (broad SMARTS) is 1. The molecule has 5 N–H and O–H groups in total. The molecule has 2 heterocycles. The van der Waals surface area contributed by atoms with Crippen LogP contribution >= 0.6 is 23.2 Å². The Morgan fingerprint density at radius 3 is 1.44 bits per heavy atom. The van der Waals surface area contributed by atoms with Crippen molar-refractivity contribution in [3.8, 4) is 0 Å². The molecule has 0 atom stereocenters. The van der Waals surface area contributed by atoms with Crippen molar-refractivity contribution in [3.63, 3.8) is 0 Å². The molecule has 8 rings (SSSR count). The van der Waals surface area contributed by atoms with Gasteiger partial charge < -0.3 is 31.3 Å². The van der Waals surface area contributed by atoms with Crippen LogP contribution < -0.4 is 16.4 Å². The molecule has 0 radical (unpaired) electrons. The third-order valence-electron chi connectivity index (χ3n) is 12.9. The van der Waals surface area contributed by atoms with E-state index in [1.165, 1.54) is 57.3 Å². The van der Waals surface area contributed by atoms with Gasteiger partial charge in [0.15, 0.2) is 11.6 Å². The fourth-order valence-electron chi connectivity index (χ4n) is 8.86. The number of nitrogens with zero attached hydrogens (tertiary/aromatic N) is 6. The van der Waals surface area contributed by atoms with E-state index in [1.807, 2.05) is 47.6 Å². The first-order chi connectivity index (χ1) is 38.0. The molecule has 2 aromatic heterocycles. The number of aliphatic carboxylic acids is 1. The van der Waals surface area contributed by atoms with Gasteiger partial charge in [-0.2, -0.15) is 10.2 Å². The van der Waals surface area contributed by atoms with Crippen LogP contribution in [0.15, 0.2) is 72.8 Å². The van der Waals surface area contributed by atoms with E-state index in [-0.39, 0.29) is 137 Å². The number of carboxylic acids is 1. The molecule has 2 aliphatic rings. The van der Waals surface area contributed by atoms with Crippen molar-refractivity contribution in [2.24, 2.45) is 10.8 Å². The quantitative estimate of drug-likeness (QED) is 0.0412. The van der Waals surface area contributed by atoms with Gasteiger partial charge in [-0.05, 0) is 84.5 Å². The minimum absolute atomic E-state index is 0.0188. The Bertz CT molecular complexity index is 3380. The number of fused-ring (bicyclic) bond motifs is 2. The second-order valence-electron chi connectivity index (χ2n) is 22.8. The molecule has 4 aromatic carbocycles. The lowest BCUT2D eigenvalue weighted by molar-refractivity contribution is -0.139. The van der Waals surface area contributed by atoms with E-state index in [0.717, 1.165) is 31.2 Å². The van der Waals surface area contributed by atoms with E-state index in [4.69, 9.17) is 34.0 Å². The lowest BCUT2D eigenvalue weighted by Gasteiger charge is -2.22. The summed E-state index contributed by atoms with van der Waals surface area (Å²) in [7, 11) is 0. The van der Waals surface area contributed by atoms with Crippen LogP contribution in [0.3, 0.4) is 0 Å². The van der Waals surface area contributed by atoms with Crippen molar-refractivity contribution in [3.05, 3.63) is 123 Å². The van der Waals surface area contributed by atoms with E-state index in [0.29, 0.717) is 33.9 Å². The first kappa shape index (κ1) is 62.6. The van der Waals surface area contributed by atoms with Crippen LogP contribution in [0.1, 0.15) is 132 Å². The molecule has 0 aliphatic heterocycles. The number of hydrogen-bond acceptors (Lipinski definition) is 11. The van der Waals surface area contributed by atoms with Gasteiger partial charge in [0.25, 0.3) is 0 Å². The van der Waals surface area contributed by atoms with Crippen molar-refractivity contribution >= 4 is 97.6 Å². The van der Waals surface area contributed by atoms with E-state index >= 15 is 0 Å². The molecule has 18 nitrogen and oxygen atoms in total. The predicted molar refractivity (Wildman–Crippen MR) is 304 cm³/mol. The van der Waals surface area contributed by atoms with Crippen molar-refractivity contribution in [2.45, 2.75) is 139 Å². The molecule has 2 fully saturated rings. The Kier molecular flexibility index (Phi) is 20.7. The average Bonchev–Trinajstić information content (AvgIpc) is 4.44. The lowest BCUT2D eigenvalue weighted by Crippen LogP contribution is -2.43.